The molecule has 2 aliphatic carbocycles. The average molecular weight is 696 g/mol. The lowest BCUT2D eigenvalue weighted by molar-refractivity contribution is -0.161. The van der Waals surface area contributed by atoms with Crippen molar-refractivity contribution in [2.75, 3.05) is 20.3 Å². The van der Waals surface area contributed by atoms with Gasteiger partial charge in [0.1, 0.15) is 11.9 Å². The van der Waals surface area contributed by atoms with Gasteiger partial charge in [-0.25, -0.2) is 4.79 Å². The van der Waals surface area contributed by atoms with Gasteiger partial charge >= 0.3 is 24.4 Å². The number of allylic oxidation sites excluding steroid dienone is 1. The Morgan fingerprint density at radius 1 is 1.00 bits per heavy atom. The van der Waals surface area contributed by atoms with E-state index in [9.17, 15) is 35.9 Å². The maximum absolute atomic E-state index is 13.6. The maximum Gasteiger partial charge on any atom is 0.416 e. The molecule has 1 amide bonds. The van der Waals surface area contributed by atoms with Crippen LogP contribution < -0.4 is 4.74 Å². The zero-order valence-electron chi connectivity index (χ0n) is 28.4. The highest BCUT2D eigenvalue weighted by Gasteiger charge is 2.46. The molecule has 268 valence electrons. The van der Waals surface area contributed by atoms with E-state index in [0.29, 0.717) is 50.2 Å². The minimum absolute atomic E-state index is 0.0638. The van der Waals surface area contributed by atoms with E-state index in [1.165, 1.54) is 4.90 Å². The van der Waals surface area contributed by atoms with Crippen LogP contribution in [0.4, 0.5) is 31.1 Å². The Hall–Kier alpha value is -3.70. The van der Waals surface area contributed by atoms with Gasteiger partial charge in [-0.2, -0.15) is 26.3 Å². The van der Waals surface area contributed by atoms with Crippen LogP contribution in [0.5, 0.6) is 5.75 Å². The van der Waals surface area contributed by atoms with Crippen LogP contribution in [0.25, 0.3) is 5.57 Å². The molecule has 1 heterocycles. The van der Waals surface area contributed by atoms with Gasteiger partial charge < -0.3 is 14.2 Å². The average Bonchev–Trinajstić information content (AvgIpc) is 3.27. The van der Waals surface area contributed by atoms with Gasteiger partial charge in [-0.3, -0.25) is 9.69 Å². The molecule has 0 aromatic heterocycles. The summed E-state index contributed by atoms with van der Waals surface area (Å²) in [6.07, 6.45) is -6.23. The predicted octanol–water partition coefficient (Wildman–Crippen LogP) is 9.94. The van der Waals surface area contributed by atoms with Crippen LogP contribution in [-0.2, 0) is 33.0 Å². The second kappa shape index (κ2) is 13.5. The molecule has 0 bridgehead atoms. The topological polar surface area (TPSA) is 65.1 Å². The number of benzene rings is 2. The summed E-state index contributed by atoms with van der Waals surface area (Å²) in [6, 6.07) is 6.36. The summed E-state index contributed by atoms with van der Waals surface area (Å²) in [5, 5.41) is 0. The van der Waals surface area contributed by atoms with Crippen molar-refractivity contribution in [3.05, 3.63) is 69.8 Å². The third kappa shape index (κ3) is 7.72. The first-order chi connectivity index (χ1) is 22.9. The second-order valence-electron chi connectivity index (χ2n) is 14.3. The smallest absolute Gasteiger partial charge is 0.416 e. The van der Waals surface area contributed by atoms with Crippen LogP contribution in [0.2, 0.25) is 0 Å². The largest absolute Gasteiger partial charge is 0.496 e. The predicted molar refractivity (Wildman–Crippen MR) is 171 cm³/mol. The quantitative estimate of drug-likeness (QED) is 0.183. The summed E-state index contributed by atoms with van der Waals surface area (Å²) >= 11 is 0. The van der Waals surface area contributed by atoms with E-state index in [4.69, 9.17) is 14.2 Å². The summed E-state index contributed by atoms with van der Waals surface area (Å²) in [5.41, 5.74) is -0.137. The number of carbonyl (C=O) groups excluding carboxylic acids is 2. The third-order valence-electron chi connectivity index (χ3n) is 10.4. The summed E-state index contributed by atoms with van der Waals surface area (Å²) in [7, 11) is 1.57. The highest BCUT2D eigenvalue weighted by atomic mass is 19.4. The number of carbonyl (C=O) groups is 2. The van der Waals surface area contributed by atoms with Crippen molar-refractivity contribution in [1.29, 1.82) is 0 Å². The molecule has 2 unspecified atom stereocenters. The number of ether oxygens (including phenoxy) is 3. The fourth-order valence-electron chi connectivity index (χ4n) is 7.37. The Morgan fingerprint density at radius 3 is 2.20 bits per heavy atom. The van der Waals surface area contributed by atoms with Gasteiger partial charge in [0.15, 0.2) is 0 Å². The highest BCUT2D eigenvalue weighted by Crippen LogP contribution is 2.48. The number of aryl methyl sites for hydroxylation is 1. The molecule has 6 nitrogen and oxygen atoms in total. The first kappa shape index (κ1) is 36.6. The number of alkyl halides is 6. The van der Waals surface area contributed by atoms with Crippen molar-refractivity contribution in [2.24, 2.45) is 10.8 Å². The van der Waals surface area contributed by atoms with Gasteiger partial charge in [-0.1, -0.05) is 26.3 Å². The van der Waals surface area contributed by atoms with Crippen LogP contribution in [-0.4, -0.2) is 43.3 Å². The number of halogens is 6. The van der Waals surface area contributed by atoms with Crippen molar-refractivity contribution >= 4 is 17.6 Å². The molecule has 1 saturated carbocycles. The molecular formula is C37H43F6NO5. The molecule has 49 heavy (non-hydrogen) atoms. The minimum atomic E-state index is -5.03. The number of amides is 1. The van der Waals surface area contributed by atoms with E-state index in [2.05, 4.69) is 19.9 Å². The number of rotatable bonds is 10. The monoisotopic (exact) mass is 695 g/mol. The van der Waals surface area contributed by atoms with E-state index in [0.717, 1.165) is 48.0 Å². The molecule has 2 aromatic carbocycles. The first-order valence-corrected chi connectivity index (χ1v) is 16.7. The minimum Gasteiger partial charge on any atom is -0.496 e. The number of cyclic esters (lactones) is 1. The van der Waals surface area contributed by atoms with Crippen molar-refractivity contribution < 1.29 is 50.1 Å². The Balaban J connectivity index is 1.46. The molecule has 1 saturated heterocycles. The molecule has 0 radical (unpaired) electrons. The second-order valence-corrected chi connectivity index (χ2v) is 14.3. The molecule has 0 N–H and O–H groups in total. The molecule has 2 fully saturated rings. The van der Waals surface area contributed by atoms with Crippen LogP contribution >= 0.6 is 0 Å². The molecule has 0 spiro atoms. The molecule has 2 aromatic rings. The summed E-state index contributed by atoms with van der Waals surface area (Å²) < 4.78 is 98.4. The van der Waals surface area contributed by atoms with Gasteiger partial charge in [0, 0.05) is 12.1 Å². The van der Waals surface area contributed by atoms with Crippen molar-refractivity contribution in [1.82, 2.24) is 4.90 Å². The lowest BCUT2D eigenvalue weighted by atomic mass is 9.65. The van der Waals surface area contributed by atoms with E-state index in [-0.39, 0.29) is 29.6 Å². The van der Waals surface area contributed by atoms with Gasteiger partial charge in [0.25, 0.3) is 0 Å². The Kier molecular flexibility index (Phi) is 10.1. The number of esters is 1. The number of nitrogens with zero attached hydrogens (tertiary/aromatic N) is 1. The van der Waals surface area contributed by atoms with Gasteiger partial charge in [0.05, 0.1) is 36.3 Å². The van der Waals surface area contributed by atoms with Crippen LogP contribution in [0.15, 0.2) is 42.0 Å². The molecular weight excluding hydrogens is 652 g/mol. The summed E-state index contributed by atoms with van der Waals surface area (Å²) in [6.45, 7) is 8.01. The lowest BCUT2D eigenvalue weighted by Gasteiger charge is -2.39. The highest BCUT2D eigenvalue weighted by molar-refractivity contribution is 5.78. The first-order valence-electron chi connectivity index (χ1n) is 16.7. The molecule has 2 atom stereocenters. The SMILES string of the molecule is CCOC(=O)C1(CCc2ccc(OC)c(C3=C(CN4C(=O)OC(c5cc(C(F)(F)F)cc(C(F)(F)F)c5)C4C)CC(C)(C)CC3)c2)CCC1. The molecule has 5 rings (SSSR count). The van der Waals surface area contributed by atoms with Gasteiger partial charge in [0.2, 0.25) is 0 Å². The lowest BCUT2D eigenvalue weighted by Crippen LogP contribution is -2.39. The van der Waals surface area contributed by atoms with Gasteiger partial charge in [-0.05, 0) is 117 Å². The Bertz CT molecular complexity index is 1570. The standard InChI is InChI=1S/C37H43F6NO5/c1-6-48-32(45)35(12-7-13-35)15-10-23-8-9-30(47-5)29(16-23)28-11-14-34(3,4)20-25(28)21-44-22(2)31(49-33(44)46)24-17-26(36(38,39)40)19-27(18-24)37(41,42)43/h8-9,16-19,22,31H,6-7,10-15,20-21H2,1-5H3. The van der Waals surface area contributed by atoms with Crippen molar-refractivity contribution in [2.45, 2.75) is 104 Å². The third-order valence-corrected chi connectivity index (χ3v) is 10.4. The van der Waals surface area contributed by atoms with Crippen molar-refractivity contribution in [3.63, 3.8) is 0 Å². The van der Waals surface area contributed by atoms with Crippen LogP contribution in [0, 0.1) is 10.8 Å². The normalized spacial score (nSPS) is 22.1. The zero-order valence-corrected chi connectivity index (χ0v) is 28.4. The summed E-state index contributed by atoms with van der Waals surface area (Å²) in [4.78, 5) is 27.4. The zero-order chi connectivity index (χ0) is 35.9. The number of hydrogen-bond acceptors (Lipinski definition) is 5. The van der Waals surface area contributed by atoms with Crippen molar-refractivity contribution in [3.8, 4) is 5.75 Å². The van der Waals surface area contributed by atoms with E-state index in [1.807, 2.05) is 12.1 Å². The van der Waals surface area contributed by atoms with Crippen LogP contribution in [0.3, 0.4) is 0 Å². The molecule has 1 aliphatic heterocycles. The fraction of sp³-hybridized carbons (Fsp3) is 0.568. The van der Waals surface area contributed by atoms with E-state index >= 15 is 0 Å². The van der Waals surface area contributed by atoms with Gasteiger partial charge in [-0.15, -0.1) is 0 Å². The number of methoxy groups -OCH3 is 1. The van der Waals surface area contributed by atoms with E-state index < -0.39 is 47.1 Å². The maximum atomic E-state index is 13.6. The summed E-state index contributed by atoms with van der Waals surface area (Å²) in [5.74, 6) is 0.484. The Labute approximate surface area is 282 Å². The molecule has 12 heteroatoms. The molecule has 3 aliphatic rings. The van der Waals surface area contributed by atoms with Crippen LogP contribution in [0.1, 0.15) is 107 Å². The Morgan fingerprint density at radius 2 is 1.65 bits per heavy atom. The fourth-order valence-corrected chi connectivity index (χ4v) is 7.37. The number of hydrogen-bond donors (Lipinski definition) is 0. The van der Waals surface area contributed by atoms with E-state index in [1.54, 1.807) is 21.0 Å².